The molecule has 0 aliphatic carbocycles. The third kappa shape index (κ3) is 3.38. The fourth-order valence-corrected chi connectivity index (χ4v) is 3.35. The molecule has 0 radical (unpaired) electrons. The van der Waals surface area contributed by atoms with Gasteiger partial charge in [-0.3, -0.25) is 9.67 Å². The molecule has 0 aromatic carbocycles. The highest BCUT2D eigenvalue weighted by Crippen LogP contribution is 2.26. The van der Waals surface area contributed by atoms with Crippen molar-refractivity contribution in [1.82, 2.24) is 24.7 Å². The number of piperidine rings is 1. The van der Waals surface area contributed by atoms with Crippen molar-refractivity contribution >= 4 is 5.82 Å². The van der Waals surface area contributed by atoms with Gasteiger partial charge < -0.3 is 4.90 Å². The summed E-state index contributed by atoms with van der Waals surface area (Å²) in [4.78, 5) is 15.9. The first kappa shape index (κ1) is 15.7. The topological polar surface area (TPSA) is 59.7 Å². The van der Waals surface area contributed by atoms with E-state index in [1.54, 1.807) is 6.20 Å². The Morgan fingerprint density at radius 1 is 1.16 bits per heavy atom. The highest BCUT2D eigenvalue weighted by Gasteiger charge is 2.23. The molecule has 1 atom stereocenters. The van der Waals surface area contributed by atoms with Crippen molar-refractivity contribution in [3.63, 3.8) is 0 Å². The zero-order chi connectivity index (χ0) is 17.2. The smallest absolute Gasteiger partial charge is 0.163 e. The van der Waals surface area contributed by atoms with E-state index >= 15 is 0 Å². The van der Waals surface area contributed by atoms with E-state index in [1.807, 2.05) is 31.5 Å². The van der Waals surface area contributed by atoms with Crippen LogP contribution in [0.4, 0.5) is 5.82 Å². The van der Waals surface area contributed by atoms with Crippen LogP contribution >= 0.6 is 0 Å². The highest BCUT2D eigenvalue weighted by molar-refractivity contribution is 5.56. The summed E-state index contributed by atoms with van der Waals surface area (Å²) in [6, 6.07) is 6.37. The van der Waals surface area contributed by atoms with Crippen LogP contribution < -0.4 is 4.90 Å². The summed E-state index contributed by atoms with van der Waals surface area (Å²) in [6.45, 7) is 6.03. The van der Waals surface area contributed by atoms with Crippen LogP contribution in [0.25, 0.3) is 11.4 Å². The van der Waals surface area contributed by atoms with E-state index in [0.29, 0.717) is 6.04 Å². The molecule has 4 rings (SSSR count). The first-order valence-electron chi connectivity index (χ1n) is 8.71. The lowest BCUT2D eigenvalue weighted by Crippen LogP contribution is -2.37. The van der Waals surface area contributed by atoms with Gasteiger partial charge in [0, 0.05) is 49.0 Å². The Labute approximate surface area is 147 Å². The van der Waals surface area contributed by atoms with Crippen molar-refractivity contribution in [3.05, 3.63) is 54.2 Å². The molecule has 4 heterocycles. The van der Waals surface area contributed by atoms with Crippen molar-refractivity contribution < 1.29 is 0 Å². The van der Waals surface area contributed by atoms with E-state index in [9.17, 15) is 0 Å². The largest absolute Gasteiger partial charge is 0.354 e. The molecule has 1 aliphatic rings. The first-order chi connectivity index (χ1) is 12.2. The summed E-state index contributed by atoms with van der Waals surface area (Å²) in [5.74, 6) is 1.72. The van der Waals surface area contributed by atoms with Gasteiger partial charge in [-0.15, -0.1) is 0 Å². The maximum Gasteiger partial charge on any atom is 0.163 e. The predicted molar refractivity (Wildman–Crippen MR) is 97.4 cm³/mol. The molecule has 0 spiro atoms. The Bertz CT molecular complexity index is 857. The minimum atomic E-state index is 0.388. The third-order valence-corrected chi connectivity index (χ3v) is 4.59. The van der Waals surface area contributed by atoms with Crippen LogP contribution in [0.2, 0.25) is 0 Å². The molecular weight excluding hydrogens is 312 g/mol. The lowest BCUT2D eigenvalue weighted by Gasteiger charge is -2.34. The van der Waals surface area contributed by atoms with E-state index in [2.05, 4.69) is 43.8 Å². The second kappa shape index (κ2) is 6.63. The van der Waals surface area contributed by atoms with Gasteiger partial charge in [0.15, 0.2) is 5.82 Å². The number of nitrogens with zero attached hydrogens (tertiary/aromatic N) is 6. The number of anilines is 1. The molecular formula is C19H22N6. The minimum Gasteiger partial charge on any atom is -0.354 e. The minimum absolute atomic E-state index is 0.388. The van der Waals surface area contributed by atoms with Crippen LogP contribution in [0.5, 0.6) is 0 Å². The number of hydrogen-bond donors (Lipinski definition) is 0. The van der Waals surface area contributed by atoms with E-state index in [4.69, 9.17) is 4.98 Å². The van der Waals surface area contributed by atoms with Crippen LogP contribution in [-0.4, -0.2) is 37.8 Å². The third-order valence-electron chi connectivity index (χ3n) is 4.59. The second-order valence-corrected chi connectivity index (χ2v) is 6.67. The Hall–Kier alpha value is -2.76. The van der Waals surface area contributed by atoms with Crippen LogP contribution in [0.1, 0.15) is 30.1 Å². The average Bonchev–Trinajstić information content (AvgIpc) is 3.08. The van der Waals surface area contributed by atoms with Gasteiger partial charge in [-0.25, -0.2) is 9.97 Å². The van der Waals surface area contributed by atoms with Gasteiger partial charge in [0.2, 0.25) is 0 Å². The summed E-state index contributed by atoms with van der Waals surface area (Å²) in [7, 11) is 0. The number of pyridine rings is 1. The van der Waals surface area contributed by atoms with Crippen LogP contribution in [0.15, 0.2) is 43.0 Å². The summed E-state index contributed by atoms with van der Waals surface area (Å²) >= 11 is 0. The number of aryl methyl sites for hydroxylation is 2. The van der Waals surface area contributed by atoms with E-state index < -0.39 is 0 Å². The Morgan fingerprint density at radius 2 is 2.08 bits per heavy atom. The fraction of sp³-hybridized carbons (Fsp3) is 0.368. The SMILES string of the molecule is Cc1cnn([C@H]2CCCN(c3cc(C)nc(-c4cccnc4)n3)C2)c1. The van der Waals surface area contributed by atoms with Gasteiger partial charge in [-0.1, -0.05) is 0 Å². The molecule has 25 heavy (non-hydrogen) atoms. The average molecular weight is 334 g/mol. The van der Waals surface area contributed by atoms with Gasteiger partial charge in [0.05, 0.1) is 12.2 Å². The molecule has 0 N–H and O–H groups in total. The standard InChI is InChI=1S/C19H22N6/c1-14-10-21-25(12-14)17-6-4-8-24(13-17)18-9-15(2)22-19(23-18)16-5-3-7-20-11-16/h3,5,7,9-12,17H,4,6,8,13H2,1-2H3/t17-/m0/s1. The van der Waals surface area contributed by atoms with Crippen molar-refractivity contribution in [1.29, 1.82) is 0 Å². The highest BCUT2D eigenvalue weighted by atomic mass is 15.3. The first-order valence-corrected chi connectivity index (χ1v) is 8.71. The molecule has 1 aliphatic heterocycles. The molecule has 0 saturated carbocycles. The summed E-state index contributed by atoms with van der Waals surface area (Å²) in [5, 5.41) is 4.50. The Kier molecular flexibility index (Phi) is 4.17. The molecule has 128 valence electrons. The van der Waals surface area contributed by atoms with Crippen molar-refractivity contribution in [2.45, 2.75) is 32.7 Å². The van der Waals surface area contributed by atoms with Crippen LogP contribution in [0.3, 0.4) is 0 Å². The molecule has 3 aromatic rings. The maximum atomic E-state index is 4.81. The molecule has 1 fully saturated rings. The Balaban J connectivity index is 1.61. The van der Waals surface area contributed by atoms with Crippen LogP contribution in [-0.2, 0) is 0 Å². The molecule has 1 saturated heterocycles. The fourth-order valence-electron chi connectivity index (χ4n) is 3.35. The van der Waals surface area contributed by atoms with Crippen LogP contribution in [0, 0.1) is 13.8 Å². The zero-order valence-electron chi connectivity index (χ0n) is 14.6. The predicted octanol–water partition coefficient (Wildman–Crippen LogP) is 3.19. The molecule has 0 unspecified atom stereocenters. The maximum absolute atomic E-state index is 4.81. The van der Waals surface area contributed by atoms with E-state index in [0.717, 1.165) is 48.8 Å². The monoisotopic (exact) mass is 334 g/mol. The van der Waals surface area contributed by atoms with Crippen molar-refractivity contribution in [2.24, 2.45) is 0 Å². The van der Waals surface area contributed by atoms with Gasteiger partial charge >= 0.3 is 0 Å². The van der Waals surface area contributed by atoms with Gasteiger partial charge in [0.1, 0.15) is 5.82 Å². The van der Waals surface area contributed by atoms with E-state index in [1.165, 1.54) is 5.56 Å². The molecule has 0 bridgehead atoms. The van der Waals surface area contributed by atoms with Crippen molar-refractivity contribution in [2.75, 3.05) is 18.0 Å². The zero-order valence-corrected chi connectivity index (χ0v) is 14.6. The normalized spacial score (nSPS) is 17.7. The second-order valence-electron chi connectivity index (χ2n) is 6.67. The van der Waals surface area contributed by atoms with Gasteiger partial charge in [0.25, 0.3) is 0 Å². The lowest BCUT2D eigenvalue weighted by molar-refractivity contribution is 0.374. The summed E-state index contributed by atoms with van der Waals surface area (Å²) < 4.78 is 2.09. The number of hydrogen-bond acceptors (Lipinski definition) is 5. The summed E-state index contributed by atoms with van der Waals surface area (Å²) in [5.41, 5.74) is 3.12. The van der Waals surface area contributed by atoms with Gasteiger partial charge in [-0.2, -0.15) is 5.10 Å². The molecule has 6 nitrogen and oxygen atoms in total. The number of aromatic nitrogens is 5. The van der Waals surface area contributed by atoms with Crippen molar-refractivity contribution in [3.8, 4) is 11.4 Å². The molecule has 3 aromatic heterocycles. The quantitative estimate of drug-likeness (QED) is 0.736. The summed E-state index contributed by atoms with van der Waals surface area (Å²) in [6.07, 6.45) is 9.91. The Morgan fingerprint density at radius 3 is 2.84 bits per heavy atom. The molecule has 0 amide bonds. The number of rotatable bonds is 3. The molecule has 6 heteroatoms. The van der Waals surface area contributed by atoms with E-state index in [-0.39, 0.29) is 0 Å². The van der Waals surface area contributed by atoms with Gasteiger partial charge in [-0.05, 0) is 44.4 Å². The lowest BCUT2D eigenvalue weighted by atomic mass is 10.1.